The number of rotatable bonds is 6. The van der Waals surface area contributed by atoms with Crippen LogP contribution in [0.15, 0.2) is 24.5 Å². The lowest BCUT2D eigenvalue weighted by molar-refractivity contribution is -0.130. The van der Waals surface area contributed by atoms with Gasteiger partial charge in [0.2, 0.25) is 0 Å². The molecule has 1 aromatic rings. The van der Waals surface area contributed by atoms with E-state index in [-0.39, 0.29) is 12.5 Å². The van der Waals surface area contributed by atoms with Crippen molar-refractivity contribution in [2.24, 2.45) is 5.92 Å². The van der Waals surface area contributed by atoms with Crippen LogP contribution in [-0.2, 0) is 4.79 Å². The number of carbonyl (C=O) groups is 1. The molecule has 22 heavy (non-hydrogen) atoms. The van der Waals surface area contributed by atoms with Gasteiger partial charge < -0.3 is 15.2 Å². The molecule has 0 saturated heterocycles. The van der Waals surface area contributed by atoms with Gasteiger partial charge in [-0.25, -0.2) is 0 Å². The minimum Gasteiger partial charge on any atom is -0.479 e. The number of hydrogen-bond donors (Lipinski definition) is 2. The van der Waals surface area contributed by atoms with Gasteiger partial charge in [-0.1, -0.05) is 19.3 Å². The first-order chi connectivity index (χ1) is 10.5. The van der Waals surface area contributed by atoms with Gasteiger partial charge in [0.15, 0.2) is 6.10 Å². The molecule has 0 aromatic carbocycles. The second-order valence-electron chi connectivity index (χ2n) is 6.35. The van der Waals surface area contributed by atoms with Crippen LogP contribution in [0.2, 0.25) is 0 Å². The predicted molar refractivity (Wildman–Crippen MR) is 84.5 cm³/mol. The maximum Gasteiger partial charge on any atom is 0.261 e. The maximum atomic E-state index is 12.4. The molecule has 5 heteroatoms. The van der Waals surface area contributed by atoms with Gasteiger partial charge in [0.1, 0.15) is 5.75 Å². The molecule has 1 heterocycles. The number of nitrogens with one attached hydrogen (secondary N) is 1. The number of pyridine rings is 1. The van der Waals surface area contributed by atoms with Gasteiger partial charge in [0, 0.05) is 6.20 Å². The molecule has 1 fully saturated rings. The highest BCUT2D eigenvalue weighted by Gasteiger charge is 2.37. The Morgan fingerprint density at radius 1 is 1.50 bits per heavy atom. The molecule has 0 spiro atoms. The second kappa shape index (κ2) is 7.58. The minimum atomic E-state index is -0.626. The van der Waals surface area contributed by atoms with E-state index >= 15 is 0 Å². The number of carbonyl (C=O) groups excluding carboxylic acids is 1. The summed E-state index contributed by atoms with van der Waals surface area (Å²) in [6, 6.07) is 3.53. The van der Waals surface area contributed by atoms with Crippen molar-refractivity contribution in [3.8, 4) is 5.75 Å². The molecular weight excluding hydrogens is 280 g/mol. The van der Waals surface area contributed by atoms with Crippen LogP contribution < -0.4 is 10.1 Å². The molecule has 1 saturated carbocycles. The number of aliphatic hydroxyl groups is 1. The molecule has 122 valence electrons. The minimum absolute atomic E-state index is 0.0526. The van der Waals surface area contributed by atoms with Crippen LogP contribution in [-0.4, -0.2) is 34.2 Å². The molecule has 1 aliphatic carbocycles. The number of aromatic nitrogens is 1. The largest absolute Gasteiger partial charge is 0.479 e. The van der Waals surface area contributed by atoms with Gasteiger partial charge >= 0.3 is 0 Å². The zero-order chi connectivity index (χ0) is 16.0. The fraction of sp³-hybridized carbons (Fsp3) is 0.647. The van der Waals surface area contributed by atoms with Gasteiger partial charge in [0.05, 0.1) is 18.3 Å². The summed E-state index contributed by atoms with van der Waals surface area (Å²) >= 11 is 0. The summed E-state index contributed by atoms with van der Waals surface area (Å²) < 4.78 is 5.60. The Morgan fingerprint density at radius 3 is 2.82 bits per heavy atom. The monoisotopic (exact) mass is 306 g/mol. The maximum absolute atomic E-state index is 12.4. The highest BCUT2D eigenvalue weighted by Crippen LogP contribution is 2.32. The molecule has 5 nitrogen and oxygen atoms in total. The molecule has 1 aliphatic rings. The Balaban J connectivity index is 1.95. The van der Waals surface area contributed by atoms with Crippen molar-refractivity contribution < 1.29 is 14.6 Å². The van der Waals surface area contributed by atoms with Crippen molar-refractivity contribution in [1.29, 1.82) is 0 Å². The Labute approximate surface area is 132 Å². The lowest BCUT2D eigenvalue weighted by Gasteiger charge is -2.39. The van der Waals surface area contributed by atoms with E-state index in [1.807, 2.05) is 6.92 Å². The smallest absolute Gasteiger partial charge is 0.261 e. The van der Waals surface area contributed by atoms with Crippen molar-refractivity contribution in [2.45, 2.75) is 57.6 Å². The van der Waals surface area contributed by atoms with Gasteiger partial charge in [0.25, 0.3) is 5.91 Å². The van der Waals surface area contributed by atoms with E-state index in [0.717, 1.165) is 25.7 Å². The molecule has 0 aliphatic heterocycles. The van der Waals surface area contributed by atoms with Crippen LogP contribution in [0.3, 0.4) is 0 Å². The Bertz CT molecular complexity index is 474. The third-order valence-corrected chi connectivity index (χ3v) is 4.56. The third-order valence-electron chi connectivity index (χ3n) is 4.56. The van der Waals surface area contributed by atoms with Crippen molar-refractivity contribution in [2.75, 3.05) is 6.61 Å². The number of hydrogen-bond acceptors (Lipinski definition) is 4. The highest BCUT2D eigenvalue weighted by molar-refractivity contribution is 5.81. The van der Waals surface area contributed by atoms with Gasteiger partial charge in [-0.05, 0) is 44.7 Å². The molecule has 1 aromatic heterocycles. The number of ether oxygens (including phenoxy) is 1. The summed E-state index contributed by atoms with van der Waals surface area (Å²) in [5.74, 6) is 0.681. The number of nitrogens with zero attached hydrogens (tertiary/aromatic N) is 1. The summed E-state index contributed by atoms with van der Waals surface area (Å²) in [6.07, 6.45) is 8.28. The van der Waals surface area contributed by atoms with Crippen molar-refractivity contribution in [3.63, 3.8) is 0 Å². The van der Waals surface area contributed by atoms with E-state index < -0.39 is 11.6 Å². The van der Waals surface area contributed by atoms with Crippen molar-refractivity contribution in [3.05, 3.63) is 24.5 Å². The Kier molecular flexibility index (Phi) is 5.77. The van der Waals surface area contributed by atoms with Crippen LogP contribution in [0.1, 0.15) is 46.0 Å². The molecule has 1 amide bonds. The number of aliphatic hydroxyl groups excluding tert-OH is 1. The molecule has 0 radical (unpaired) electrons. The van der Waals surface area contributed by atoms with Gasteiger partial charge in [-0.15, -0.1) is 0 Å². The standard InChI is InChI=1S/C17H26N2O3/c1-13(22-15-9-6-10-18-11-15)16(21)19-17(2,12-20)14-7-4-3-5-8-14/h6,9-11,13-14,20H,3-5,7-8,12H2,1-2H3,(H,19,21). The SMILES string of the molecule is CC(Oc1cccnc1)C(=O)NC(C)(CO)C1CCCCC1. The average Bonchev–Trinajstić information content (AvgIpc) is 2.56. The van der Waals surface area contributed by atoms with Crippen molar-refractivity contribution in [1.82, 2.24) is 10.3 Å². The summed E-state index contributed by atoms with van der Waals surface area (Å²) in [5, 5.41) is 12.8. The predicted octanol–water partition coefficient (Wildman–Crippen LogP) is 2.30. The van der Waals surface area contributed by atoms with Gasteiger partial charge in [-0.2, -0.15) is 0 Å². The lowest BCUT2D eigenvalue weighted by atomic mass is 9.76. The zero-order valence-corrected chi connectivity index (χ0v) is 13.4. The average molecular weight is 306 g/mol. The van der Waals surface area contributed by atoms with Crippen LogP contribution >= 0.6 is 0 Å². The van der Waals surface area contributed by atoms with Crippen LogP contribution in [0.4, 0.5) is 0 Å². The van der Waals surface area contributed by atoms with Crippen LogP contribution in [0.25, 0.3) is 0 Å². The topological polar surface area (TPSA) is 71.5 Å². The summed E-state index contributed by atoms with van der Waals surface area (Å²) in [4.78, 5) is 16.4. The molecule has 2 rings (SSSR count). The second-order valence-corrected chi connectivity index (χ2v) is 6.35. The van der Waals surface area contributed by atoms with E-state index in [4.69, 9.17) is 4.74 Å². The third kappa shape index (κ3) is 4.19. The molecule has 2 N–H and O–H groups in total. The van der Waals surface area contributed by atoms with Crippen molar-refractivity contribution >= 4 is 5.91 Å². The lowest BCUT2D eigenvalue weighted by Crippen LogP contribution is -2.57. The van der Waals surface area contributed by atoms with E-state index in [1.165, 1.54) is 6.42 Å². The van der Waals surface area contributed by atoms with E-state index in [1.54, 1.807) is 31.5 Å². The fourth-order valence-corrected chi connectivity index (χ4v) is 3.07. The first-order valence-electron chi connectivity index (χ1n) is 8.05. The van der Waals surface area contributed by atoms with E-state index in [2.05, 4.69) is 10.3 Å². The highest BCUT2D eigenvalue weighted by atomic mass is 16.5. The zero-order valence-electron chi connectivity index (χ0n) is 13.4. The quantitative estimate of drug-likeness (QED) is 0.846. The summed E-state index contributed by atoms with van der Waals surface area (Å²) in [6.45, 7) is 3.59. The van der Waals surface area contributed by atoms with Gasteiger partial charge in [-0.3, -0.25) is 9.78 Å². The first kappa shape index (κ1) is 16.7. The molecular formula is C17H26N2O3. The molecule has 2 unspecified atom stereocenters. The molecule has 0 bridgehead atoms. The van der Waals surface area contributed by atoms with Crippen LogP contribution in [0.5, 0.6) is 5.75 Å². The number of amides is 1. The fourth-order valence-electron chi connectivity index (χ4n) is 3.07. The summed E-state index contributed by atoms with van der Waals surface area (Å²) in [5.41, 5.74) is -0.579. The normalized spacial score (nSPS) is 20.0. The Morgan fingerprint density at radius 2 is 2.23 bits per heavy atom. The summed E-state index contributed by atoms with van der Waals surface area (Å²) in [7, 11) is 0. The van der Waals surface area contributed by atoms with Crippen LogP contribution in [0, 0.1) is 5.92 Å². The Hall–Kier alpha value is -1.62. The van der Waals surface area contributed by atoms with E-state index in [0.29, 0.717) is 11.7 Å². The first-order valence-corrected chi connectivity index (χ1v) is 8.05. The molecule has 2 atom stereocenters. The van der Waals surface area contributed by atoms with E-state index in [9.17, 15) is 9.90 Å².